The van der Waals surface area contributed by atoms with Crippen molar-refractivity contribution >= 4 is 11.9 Å². The summed E-state index contributed by atoms with van der Waals surface area (Å²) in [6, 6.07) is 4.94. The van der Waals surface area contributed by atoms with Gasteiger partial charge in [0, 0.05) is 12.2 Å². The fraction of sp³-hybridized carbons (Fsp3) is 0.0909. The van der Waals surface area contributed by atoms with Gasteiger partial charge in [-0.1, -0.05) is 16.6 Å². The Hall–Kier alpha value is -2.24. The van der Waals surface area contributed by atoms with E-state index in [0.717, 1.165) is 12.1 Å². The molecule has 1 aromatic carbocycles. The molecule has 0 unspecified atom stereocenters. The number of hydrogen-bond acceptors (Lipinski definition) is 2. The van der Waals surface area contributed by atoms with Gasteiger partial charge in [-0.3, -0.25) is 4.79 Å². The molecule has 0 aromatic heterocycles. The van der Waals surface area contributed by atoms with Gasteiger partial charge in [0.2, 0.25) is 0 Å². The minimum absolute atomic E-state index is 0.160. The molecule has 17 heavy (non-hydrogen) atoms. The van der Waals surface area contributed by atoms with E-state index in [-0.39, 0.29) is 11.7 Å². The van der Waals surface area contributed by atoms with Crippen molar-refractivity contribution in [3.63, 3.8) is 0 Å². The van der Waals surface area contributed by atoms with Crippen LogP contribution in [0.4, 0.5) is 8.87 Å². The Balaban J connectivity index is 2.59. The van der Waals surface area contributed by atoms with Crippen LogP contribution in [-0.4, -0.2) is 22.1 Å². The quantitative estimate of drug-likeness (QED) is 0.644. The van der Waals surface area contributed by atoms with Crippen molar-refractivity contribution in [1.82, 2.24) is 5.12 Å². The van der Waals surface area contributed by atoms with Crippen molar-refractivity contribution in [1.29, 1.82) is 0 Å². The van der Waals surface area contributed by atoms with Crippen LogP contribution in [0.5, 0.6) is 0 Å². The SMILES string of the molecule is O=C(O)C=CC(=O)N(F)Cc1ccc(F)cc1. The van der Waals surface area contributed by atoms with Crippen molar-refractivity contribution in [3.05, 3.63) is 47.8 Å². The second-order valence-electron chi connectivity index (χ2n) is 3.16. The van der Waals surface area contributed by atoms with E-state index in [9.17, 15) is 18.5 Å². The van der Waals surface area contributed by atoms with Crippen LogP contribution in [0.1, 0.15) is 5.56 Å². The Morgan fingerprint density at radius 3 is 2.35 bits per heavy atom. The van der Waals surface area contributed by atoms with Crippen molar-refractivity contribution in [3.8, 4) is 0 Å². The number of amides is 1. The summed E-state index contributed by atoms with van der Waals surface area (Å²) in [6.45, 7) is -0.372. The highest BCUT2D eigenvalue weighted by Crippen LogP contribution is 2.07. The number of hydrogen-bond donors (Lipinski definition) is 1. The number of carboxylic acid groups (broad SMARTS) is 1. The molecule has 0 aliphatic heterocycles. The van der Waals surface area contributed by atoms with E-state index >= 15 is 0 Å². The van der Waals surface area contributed by atoms with Crippen LogP contribution in [0.15, 0.2) is 36.4 Å². The molecule has 0 bridgehead atoms. The maximum Gasteiger partial charge on any atom is 0.328 e. The van der Waals surface area contributed by atoms with E-state index in [1.54, 1.807) is 0 Å². The van der Waals surface area contributed by atoms with E-state index in [1.807, 2.05) is 0 Å². The first kappa shape index (κ1) is 12.8. The molecular formula is C11H9F2NO3. The van der Waals surface area contributed by atoms with Gasteiger partial charge < -0.3 is 5.11 Å². The van der Waals surface area contributed by atoms with E-state index in [0.29, 0.717) is 17.7 Å². The van der Waals surface area contributed by atoms with Gasteiger partial charge in [0.1, 0.15) is 5.82 Å². The van der Waals surface area contributed by atoms with Gasteiger partial charge in [0.05, 0.1) is 6.54 Å². The highest BCUT2D eigenvalue weighted by Gasteiger charge is 2.10. The Kier molecular flexibility index (Phi) is 4.33. The monoisotopic (exact) mass is 241 g/mol. The number of rotatable bonds is 4. The summed E-state index contributed by atoms with van der Waals surface area (Å²) in [6.07, 6.45) is 1.14. The third-order valence-corrected chi connectivity index (χ3v) is 1.84. The van der Waals surface area contributed by atoms with E-state index in [4.69, 9.17) is 5.11 Å². The van der Waals surface area contributed by atoms with Gasteiger partial charge in [0.15, 0.2) is 0 Å². The average Bonchev–Trinajstić information content (AvgIpc) is 2.28. The molecular weight excluding hydrogens is 232 g/mol. The van der Waals surface area contributed by atoms with Crippen LogP contribution in [0.25, 0.3) is 0 Å². The zero-order valence-corrected chi connectivity index (χ0v) is 8.64. The van der Waals surface area contributed by atoms with Crippen LogP contribution in [0.3, 0.4) is 0 Å². The summed E-state index contributed by atoms with van der Waals surface area (Å²) in [7, 11) is 0. The lowest BCUT2D eigenvalue weighted by Gasteiger charge is -2.09. The molecule has 0 aliphatic rings. The number of carbonyl (C=O) groups excluding carboxylic acids is 1. The van der Waals surface area contributed by atoms with Gasteiger partial charge in [0.25, 0.3) is 5.91 Å². The predicted molar refractivity (Wildman–Crippen MR) is 54.8 cm³/mol. The largest absolute Gasteiger partial charge is 0.478 e. The lowest BCUT2D eigenvalue weighted by Crippen LogP contribution is -2.20. The molecule has 1 aromatic rings. The van der Waals surface area contributed by atoms with Gasteiger partial charge in [-0.05, 0) is 17.7 Å². The predicted octanol–water partition coefficient (Wildman–Crippen LogP) is 1.68. The highest BCUT2D eigenvalue weighted by molar-refractivity contribution is 5.93. The molecule has 0 saturated heterocycles. The number of halogens is 2. The molecule has 1 N–H and O–H groups in total. The van der Waals surface area contributed by atoms with Crippen LogP contribution < -0.4 is 0 Å². The Morgan fingerprint density at radius 1 is 1.24 bits per heavy atom. The molecule has 90 valence electrons. The maximum absolute atomic E-state index is 13.2. The minimum Gasteiger partial charge on any atom is -0.478 e. The zero-order chi connectivity index (χ0) is 12.8. The van der Waals surface area contributed by atoms with Crippen molar-refractivity contribution in [2.24, 2.45) is 0 Å². The first-order valence-electron chi connectivity index (χ1n) is 4.62. The molecule has 0 fully saturated rings. The zero-order valence-electron chi connectivity index (χ0n) is 8.64. The van der Waals surface area contributed by atoms with Crippen molar-refractivity contribution in [2.75, 3.05) is 0 Å². The summed E-state index contributed by atoms with van der Waals surface area (Å²) in [5, 5.41) is 8.08. The summed E-state index contributed by atoms with van der Waals surface area (Å²) < 4.78 is 25.7. The van der Waals surface area contributed by atoms with E-state index in [2.05, 4.69) is 0 Å². The fourth-order valence-corrected chi connectivity index (χ4v) is 1.05. The van der Waals surface area contributed by atoms with Crippen molar-refractivity contribution in [2.45, 2.75) is 6.54 Å². The highest BCUT2D eigenvalue weighted by atomic mass is 19.2. The number of aliphatic carboxylic acids is 1. The first-order chi connectivity index (χ1) is 7.99. The second kappa shape index (κ2) is 5.74. The summed E-state index contributed by atoms with van der Waals surface area (Å²) in [5.74, 6) is -2.89. The molecule has 0 saturated carbocycles. The van der Waals surface area contributed by atoms with Gasteiger partial charge in [-0.15, -0.1) is 0 Å². The van der Waals surface area contributed by atoms with Crippen LogP contribution in [0, 0.1) is 5.82 Å². The van der Waals surface area contributed by atoms with Gasteiger partial charge in [-0.2, -0.15) is 5.12 Å². The molecule has 1 rings (SSSR count). The first-order valence-corrected chi connectivity index (χ1v) is 4.62. The molecule has 6 heteroatoms. The van der Waals surface area contributed by atoms with Crippen molar-refractivity contribution < 1.29 is 23.6 Å². The van der Waals surface area contributed by atoms with Crippen LogP contribution in [0.2, 0.25) is 0 Å². The topological polar surface area (TPSA) is 57.6 Å². The third kappa shape index (κ3) is 4.42. The van der Waals surface area contributed by atoms with E-state index < -0.39 is 17.7 Å². The number of carbonyl (C=O) groups is 2. The Morgan fingerprint density at radius 2 is 1.82 bits per heavy atom. The Bertz CT molecular complexity index is 443. The maximum atomic E-state index is 13.2. The van der Waals surface area contributed by atoms with Crippen LogP contribution >= 0.6 is 0 Å². The van der Waals surface area contributed by atoms with Crippen LogP contribution in [-0.2, 0) is 16.1 Å². The number of carboxylic acids is 1. The fourth-order valence-electron chi connectivity index (χ4n) is 1.05. The van der Waals surface area contributed by atoms with E-state index in [1.165, 1.54) is 12.1 Å². The molecule has 0 spiro atoms. The minimum atomic E-state index is -1.34. The molecule has 1 amide bonds. The molecule has 0 aliphatic carbocycles. The molecule has 0 heterocycles. The second-order valence-corrected chi connectivity index (χ2v) is 3.16. The summed E-state index contributed by atoms with van der Waals surface area (Å²) in [4.78, 5) is 21.1. The normalized spacial score (nSPS) is 10.5. The van der Waals surface area contributed by atoms with Gasteiger partial charge in [-0.25, -0.2) is 9.18 Å². The smallest absolute Gasteiger partial charge is 0.328 e. The summed E-state index contributed by atoms with van der Waals surface area (Å²) >= 11 is 0. The number of benzene rings is 1. The molecule has 0 atom stereocenters. The lowest BCUT2D eigenvalue weighted by molar-refractivity contribution is -0.142. The summed E-state index contributed by atoms with van der Waals surface area (Å²) in [5.41, 5.74) is 0.394. The third-order valence-electron chi connectivity index (χ3n) is 1.84. The average molecular weight is 241 g/mol. The molecule has 4 nitrogen and oxygen atoms in total. The Labute approximate surface area is 95.7 Å². The molecule has 0 radical (unpaired) electrons. The lowest BCUT2D eigenvalue weighted by atomic mass is 10.2. The standard InChI is InChI=1S/C11H9F2NO3/c12-9-3-1-8(2-4-9)7-14(13)10(15)5-6-11(16)17/h1-6H,7H2,(H,16,17). The number of nitrogens with zero attached hydrogens (tertiary/aromatic N) is 1. The van der Waals surface area contributed by atoms with Gasteiger partial charge >= 0.3 is 5.97 Å².